The highest BCUT2D eigenvalue weighted by Crippen LogP contribution is 2.25. The van der Waals surface area contributed by atoms with E-state index >= 15 is 0 Å². The lowest BCUT2D eigenvalue weighted by Gasteiger charge is -2.14. The third-order valence-electron chi connectivity index (χ3n) is 3.96. The fourth-order valence-corrected chi connectivity index (χ4v) is 3.43. The van der Waals surface area contributed by atoms with Gasteiger partial charge in [0.05, 0.1) is 23.5 Å². The largest absolute Gasteiger partial charge is 0.495 e. The molecule has 0 saturated heterocycles. The number of rotatable bonds is 7. The van der Waals surface area contributed by atoms with Gasteiger partial charge < -0.3 is 20.7 Å². The molecule has 1 aromatic carbocycles. The van der Waals surface area contributed by atoms with Crippen molar-refractivity contribution in [3.63, 3.8) is 0 Å². The van der Waals surface area contributed by atoms with Gasteiger partial charge in [-0.1, -0.05) is 6.07 Å². The minimum absolute atomic E-state index is 0. The van der Waals surface area contributed by atoms with Crippen molar-refractivity contribution >= 4 is 52.9 Å². The molecule has 0 unspecified atom stereocenters. The smallest absolute Gasteiger partial charge is 0.221 e. The van der Waals surface area contributed by atoms with Crippen LogP contribution >= 0.6 is 35.3 Å². The van der Waals surface area contributed by atoms with Crippen LogP contribution in [0.25, 0.3) is 0 Å². The molecule has 0 bridgehead atoms. The summed E-state index contributed by atoms with van der Waals surface area (Å²) >= 11 is 1.74. The summed E-state index contributed by atoms with van der Waals surface area (Å²) in [5.41, 5.74) is 2.77. The maximum atomic E-state index is 11.3. The van der Waals surface area contributed by atoms with Gasteiger partial charge in [0.15, 0.2) is 5.96 Å². The van der Waals surface area contributed by atoms with Gasteiger partial charge in [0.2, 0.25) is 5.91 Å². The molecule has 7 nitrogen and oxygen atoms in total. The third kappa shape index (κ3) is 7.27. The first kappa shape index (κ1) is 24.2. The number of carbonyl (C=O) groups excluding carboxylic acids is 1. The molecule has 0 aliphatic carbocycles. The average Bonchev–Trinajstić information content (AvgIpc) is 2.95. The van der Waals surface area contributed by atoms with Crippen LogP contribution in [0.2, 0.25) is 0 Å². The summed E-state index contributed by atoms with van der Waals surface area (Å²) in [5.74, 6) is 1.21. The normalized spacial score (nSPS) is 10.8. The number of ether oxygens (including phenoxy) is 1. The van der Waals surface area contributed by atoms with Crippen LogP contribution in [0.3, 0.4) is 0 Å². The highest BCUT2D eigenvalue weighted by atomic mass is 127. The Hall–Kier alpha value is -1.88. The molecule has 1 amide bonds. The molecule has 1 aromatic heterocycles. The summed E-state index contributed by atoms with van der Waals surface area (Å²) in [5, 5.41) is 10.5. The second-order valence-electron chi connectivity index (χ2n) is 6.07. The molecule has 154 valence electrons. The van der Waals surface area contributed by atoms with E-state index in [9.17, 15) is 4.79 Å². The Morgan fingerprint density at radius 1 is 1.29 bits per heavy atom. The summed E-state index contributed by atoms with van der Waals surface area (Å²) in [6.45, 7) is 6.93. The fourth-order valence-electron chi connectivity index (χ4n) is 2.49. The number of nitrogens with one attached hydrogen (secondary N) is 3. The maximum absolute atomic E-state index is 11.3. The number of benzene rings is 1. The van der Waals surface area contributed by atoms with Crippen molar-refractivity contribution in [3.05, 3.63) is 39.3 Å². The third-order valence-corrected chi connectivity index (χ3v) is 5.09. The summed E-state index contributed by atoms with van der Waals surface area (Å²) in [7, 11) is 3.32. The molecule has 3 N–H and O–H groups in total. The van der Waals surface area contributed by atoms with Gasteiger partial charge in [-0.2, -0.15) is 0 Å². The van der Waals surface area contributed by atoms with E-state index < -0.39 is 0 Å². The van der Waals surface area contributed by atoms with E-state index in [0.29, 0.717) is 18.0 Å². The SMILES string of the molecule is CN=C(NCCc1nc(C)c(C)s1)NCc1ccc(OC)c(NC(C)=O)c1.I. The van der Waals surface area contributed by atoms with Crippen LogP contribution in [0.5, 0.6) is 5.75 Å². The lowest BCUT2D eigenvalue weighted by atomic mass is 10.2. The van der Waals surface area contributed by atoms with Crippen LogP contribution in [-0.2, 0) is 17.8 Å². The summed E-state index contributed by atoms with van der Waals surface area (Å²) in [6.07, 6.45) is 0.856. The monoisotopic (exact) mass is 517 g/mol. The van der Waals surface area contributed by atoms with Gasteiger partial charge in [0.25, 0.3) is 0 Å². The van der Waals surface area contributed by atoms with Gasteiger partial charge in [-0.3, -0.25) is 9.79 Å². The lowest BCUT2D eigenvalue weighted by molar-refractivity contribution is -0.114. The van der Waals surface area contributed by atoms with Gasteiger partial charge in [-0.25, -0.2) is 4.98 Å². The van der Waals surface area contributed by atoms with E-state index in [4.69, 9.17) is 4.74 Å². The number of methoxy groups -OCH3 is 1. The van der Waals surface area contributed by atoms with Crippen molar-refractivity contribution in [2.75, 3.05) is 26.0 Å². The highest BCUT2D eigenvalue weighted by Gasteiger charge is 2.07. The maximum Gasteiger partial charge on any atom is 0.221 e. The van der Waals surface area contributed by atoms with E-state index in [0.717, 1.165) is 35.2 Å². The van der Waals surface area contributed by atoms with Crippen LogP contribution in [0, 0.1) is 13.8 Å². The van der Waals surface area contributed by atoms with Crippen LogP contribution in [-0.4, -0.2) is 37.6 Å². The second kappa shape index (κ2) is 11.8. The minimum Gasteiger partial charge on any atom is -0.495 e. The Bertz CT molecular complexity index is 803. The number of hydrogen-bond acceptors (Lipinski definition) is 5. The molecule has 0 spiro atoms. The number of thiazole rings is 1. The number of halogens is 1. The van der Waals surface area contributed by atoms with Gasteiger partial charge in [-0.05, 0) is 31.5 Å². The predicted octanol–water partition coefficient (Wildman–Crippen LogP) is 3.25. The standard InChI is InChI=1S/C19H27N5O2S.HI/c1-12-13(2)27-18(23-12)8-9-21-19(20-4)22-11-15-6-7-17(26-5)16(10-15)24-14(3)25;/h6-7,10H,8-9,11H2,1-5H3,(H,24,25)(H2,20,21,22);1H. The Balaban J connectivity index is 0.00000392. The fraction of sp³-hybridized carbons (Fsp3) is 0.421. The first-order chi connectivity index (χ1) is 12.9. The van der Waals surface area contributed by atoms with E-state index in [1.165, 1.54) is 11.8 Å². The number of hydrogen-bond donors (Lipinski definition) is 3. The highest BCUT2D eigenvalue weighted by molar-refractivity contribution is 14.0. The number of anilines is 1. The molecule has 2 aromatic rings. The minimum atomic E-state index is -0.136. The van der Waals surface area contributed by atoms with Crippen LogP contribution in [0.15, 0.2) is 23.2 Å². The number of carbonyl (C=O) groups is 1. The van der Waals surface area contributed by atoms with Crippen molar-refractivity contribution in [1.29, 1.82) is 0 Å². The zero-order valence-corrected chi connectivity index (χ0v) is 20.0. The molecular weight excluding hydrogens is 489 g/mol. The number of guanidine groups is 1. The summed E-state index contributed by atoms with van der Waals surface area (Å²) in [6, 6.07) is 5.68. The summed E-state index contributed by atoms with van der Waals surface area (Å²) < 4.78 is 5.28. The molecule has 1 heterocycles. The van der Waals surface area contributed by atoms with Crippen molar-refractivity contribution in [2.24, 2.45) is 4.99 Å². The molecule has 0 aliphatic rings. The second-order valence-corrected chi connectivity index (χ2v) is 7.36. The summed E-state index contributed by atoms with van der Waals surface area (Å²) in [4.78, 5) is 21.4. The Labute approximate surface area is 187 Å². The molecule has 2 rings (SSSR count). The van der Waals surface area contributed by atoms with E-state index in [1.807, 2.05) is 25.1 Å². The number of aliphatic imine (C=N–C) groups is 1. The van der Waals surface area contributed by atoms with Crippen molar-refractivity contribution in [1.82, 2.24) is 15.6 Å². The lowest BCUT2D eigenvalue weighted by Crippen LogP contribution is -2.37. The molecule has 0 radical (unpaired) electrons. The molecule has 0 saturated carbocycles. The van der Waals surface area contributed by atoms with E-state index in [2.05, 4.69) is 32.9 Å². The van der Waals surface area contributed by atoms with Crippen LogP contribution in [0.4, 0.5) is 5.69 Å². The van der Waals surface area contributed by atoms with Gasteiger partial charge in [0, 0.05) is 38.4 Å². The molecule has 28 heavy (non-hydrogen) atoms. The zero-order chi connectivity index (χ0) is 19.8. The van der Waals surface area contributed by atoms with Crippen LogP contribution in [0.1, 0.15) is 28.1 Å². The van der Waals surface area contributed by atoms with E-state index in [1.54, 1.807) is 25.5 Å². The Morgan fingerprint density at radius 3 is 2.61 bits per heavy atom. The Kier molecular flexibility index (Phi) is 10.2. The van der Waals surface area contributed by atoms with Gasteiger partial charge in [-0.15, -0.1) is 35.3 Å². The van der Waals surface area contributed by atoms with Crippen molar-refractivity contribution in [3.8, 4) is 5.75 Å². The molecule has 0 fully saturated rings. The predicted molar refractivity (Wildman–Crippen MR) is 126 cm³/mol. The van der Waals surface area contributed by atoms with Gasteiger partial charge in [0.1, 0.15) is 5.75 Å². The Morgan fingerprint density at radius 2 is 2.04 bits per heavy atom. The first-order valence-electron chi connectivity index (χ1n) is 8.75. The topological polar surface area (TPSA) is 87.6 Å². The quantitative estimate of drug-likeness (QED) is 0.298. The van der Waals surface area contributed by atoms with Crippen molar-refractivity contribution in [2.45, 2.75) is 33.7 Å². The number of aryl methyl sites for hydroxylation is 2. The number of aromatic nitrogens is 1. The van der Waals surface area contributed by atoms with E-state index in [-0.39, 0.29) is 29.9 Å². The molecule has 0 aliphatic heterocycles. The average molecular weight is 517 g/mol. The first-order valence-corrected chi connectivity index (χ1v) is 9.56. The van der Waals surface area contributed by atoms with Crippen LogP contribution < -0.4 is 20.7 Å². The van der Waals surface area contributed by atoms with Crippen molar-refractivity contribution < 1.29 is 9.53 Å². The molecule has 0 atom stereocenters. The molecular formula is C19H28IN5O2S. The molecule has 9 heteroatoms. The number of amides is 1. The van der Waals surface area contributed by atoms with Gasteiger partial charge >= 0.3 is 0 Å². The zero-order valence-electron chi connectivity index (χ0n) is 16.9. The number of nitrogens with zero attached hydrogens (tertiary/aromatic N) is 2.